The molecule has 2 aliphatic rings. The number of nitrogens with zero attached hydrogens (tertiary/aromatic N) is 2. The molecule has 1 aliphatic carbocycles. The molecule has 1 N–H and O–H groups in total. The first-order chi connectivity index (χ1) is 13.3. The van der Waals surface area contributed by atoms with Crippen molar-refractivity contribution in [2.75, 3.05) is 18.4 Å². The van der Waals surface area contributed by atoms with Crippen LogP contribution in [0.15, 0.2) is 42.6 Å². The van der Waals surface area contributed by atoms with Crippen LogP contribution in [-0.2, 0) is 4.79 Å². The van der Waals surface area contributed by atoms with Gasteiger partial charge in [0.1, 0.15) is 0 Å². The minimum atomic E-state index is -4.24. The van der Waals surface area contributed by atoms with Crippen LogP contribution in [0.5, 0.6) is 0 Å². The normalized spacial score (nSPS) is 24.5. The number of nitrogens with one attached hydrogen (secondary N) is 1. The average molecular weight is 389 g/mol. The molecule has 3 atom stereocenters. The van der Waals surface area contributed by atoms with E-state index in [0.29, 0.717) is 18.7 Å². The molecule has 1 saturated heterocycles. The number of aryl methyl sites for hydroxylation is 1. The van der Waals surface area contributed by atoms with Crippen LogP contribution in [0.1, 0.15) is 18.4 Å². The predicted molar refractivity (Wildman–Crippen MR) is 101 cm³/mol. The van der Waals surface area contributed by atoms with E-state index < -0.39 is 12.7 Å². The Bertz CT molecular complexity index is 869. The predicted octanol–water partition coefficient (Wildman–Crippen LogP) is 4.27. The fourth-order valence-electron chi connectivity index (χ4n) is 4.63. The van der Waals surface area contributed by atoms with Gasteiger partial charge in [-0.05, 0) is 55.5 Å². The highest BCUT2D eigenvalue weighted by atomic mass is 19.4. The van der Waals surface area contributed by atoms with Crippen LogP contribution in [-0.4, -0.2) is 41.1 Å². The van der Waals surface area contributed by atoms with Crippen molar-refractivity contribution in [2.45, 2.75) is 32.0 Å². The lowest BCUT2D eigenvalue weighted by Gasteiger charge is -2.27. The van der Waals surface area contributed by atoms with Crippen molar-refractivity contribution >= 4 is 11.6 Å². The zero-order valence-electron chi connectivity index (χ0n) is 15.5. The minimum absolute atomic E-state index is 0.00643. The molecule has 2 bridgehead atoms. The van der Waals surface area contributed by atoms with E-state index in [9.17, 15) is 18.0 Å². The molecular weight excluding hydrogens is 367 g/mol. The van der Waals surface area contributed by atoms with Gasteiger partial charge >= 0.3 is 6.18 Å². The Balaban J connectivity index is 1.50. The highest BCUT2D eigenvalue weighted by molar-refractivity contribution is 5.94. The standard InChI is InChI=1S/C21H22F3N3O/c1-13-5-7-15(10-16(13)17-4-2-3-9-25-17)26-20(28)19-14-6-8-18(19)27(11-14)12-21(22,23)24/h2-5,7,9-10,14,18-19H,6,8,11-12H2,1H3,(H,26,28)/t14-,18-,19+/m0/s1. The van der Waals surface area contributed by atoms with Crippen LogP contribution < -0.4 is 5.32 Å². The molecule has 4 nitrogen and oxygen atoms in total. The van der Waals surface area contributed by atoms with Crippen molar-refractivity contribution in [3.8, 4) is 11.3 Å². The lowest BCUT2D eigenvalue weighted by atomic mass is 9.97. The van der Waals surface area contributed by atoms with Gasteiger partial charge < -0.3 is 5.32 Å². The van der Waals surface area contributed by atoms with Crippen molar-refractivity contribution in [1.29, 1.82) is 0 Å². The number of carbonyl (C=O) groups excluding carboxylic acids is 1. The third-order valence-corrected chi connectivity index (χ3v) is 5.82. The van der Waals surface area contributed by atoms with Gasteiger partial charge in [0.05, 0.1) is 18.2 Å². The van der Waals surface area contributed by atoms with Crippen LogP contribution >= 0.6 is 0 Å². The number of carbonyl (C=O) groups is 1. The highest BCUT2D eigenvalue weighted by Crippen LogP contribution is 2.44. The van der Waals surface area contributed by atoms with Gasteiger partial charge in [-0.2, -0.15) is 13.2 Å². The Hall–Kier alpha value is -2.41. The summed E-state index contributed by atoms with van der Waals surface area (Å²) in [6.45, 7) is 1.38. The summed E-state index contributed by atoms with van der Waals surface area (Å²) >= 11 is 0. The number of fused-ring (bicyclic) bond motifs is 2. The topological polar surface area (TPSA) is 45.2 Å². The van der Waals surface area contributed by atoms with Gasteiger partial charge in [0.2, 0.25) is 5.91 Å². The third-order valence-electron chi connectivity index (χ3n) is 5.82. The SMILES string of the molecule is Cc1ccc(NC(=O)[C@@H]2[C@H]3CC[C@@H]2N(CC(F)(F)F)C3)cc1-c1ccccn1. The number of amides is 1. The number of aromatic nitrogens is 1. The van der Waals surface area contributed by atoms with E-state index in [1.165, 1.54) is 4.90 Å². The first-order valence-electron chi connectivity index (χ1n) is 9.45. The minimum Gasteiger partial charge on any atom is -0.326 e. The maximum atomic E-state index is 12.9. The molecule has 0 radical (unpaired) electrons. The van der Waals surface area contributed by atoms with Crippen LogP contribution in [0.4, 0.5) is 18.9 Å². The maximum Gasteiger partial charge on any atom is 0.401 e. The smallest absolute Gasteiger partial charge is 0.326 e. The van der Waals surface area contributed by atoms with E-state index in [4.69, 9.17) is 0 Å². The van der Waals surface area contributed by atoms with Gasteiger partial charge in [-0.15, -0.1) is 0 Å². The summed E-state index contributed by atoms with van der Waals surface area (Å²) in [6, 6.07) is 10.9. The van der Waals surface area contributed by atoms with Crippen LogP contribution in [0.2, 0.25) is 0 Å². The first-order valence-corrected chi connectivity index (χ1v) is 9.45. The Morgan fingerprint density at radius 3 is 2.79 bits per heavy atom. The molecule has 0 spiro atoms. The molecule has 1 saturated carbocycles. The van der Waals surface area contributed by atoms with E-state index >= 15 is 0 Å². The van der Waals surface area contributed by atoms with E-state index in [2.05, 4.69) is 10.3 Å². The van der Waals surface area contributed by atoms with E-state index in [0.717, 1.165) is 23.2 Å². The third kappa shape index (κ3) is 3.76. The summed E-state index contributed by atoms with van der Waals surface area (Å²) in [5.74, 6) is -0.581. The molecule has 4 rings (SSSR count). The average Bonchev–Trinajstić information content (AvgIpc) is 3.20. The summed E-state index contributed by atoms with van der Waals surface area (Å²) in [5, 5.41) is 2.93. The number of rotatable bonds is 4. The molecule has 0 unspecified atom stereocenters. The van der Waals surface area contributed by atoms with Crippen LogP contribution in [0.25, 0.3) is 11.3 Å². The monoisotopic (exact) mass is 389 g/mol. The van der Waals surface area contributed by atoms with Crippen LogP contribution in [0, 0.1) is 18.8 Å². The molecule has 1 amide bonds. The van der Waals surface area contributed by atoms with Gasteiger partial charge in [0, 0.05) is 30.0 Å². The largest absolute Gasteiger partial charge is 0.401 e. The van der Waals surface area contributed by atoms with Crippen molar-refractivity contribution < 1.29 is 18.0 Å². The summed E-state index contributed by atoms with van der Waals surface area (Å²) in [7, 11) is 0. The quantitative estimate of drug-likeness (QED) is 0.850. The molecule has 1 aromatic heterocycles. The molecule has 148 valence electrons. The molecule has 7 heteroatoms. The fraction of sp³-hybridized carbons (Fsp3) is 0.429. The van der Waals surface area contributed by atoms with E-state index in [-0.39, 0.29) is 23.8 Å². The Labute approximate surface area is 161 Å². The lowest BCUT2D eigenvalue weighted by Crippen LogP contribution is -2.41. The Morgan fingerprint density at radius 1 is 1.25 bits per heavy atom. The van der Waals surface area contributed by atoms with E-state index in [1.54, 1.807) is 6.20 Å². The Morgan fingerprint density at radius 2 is 2.07 bits per heavy atom. The van der Waals surface area contributed by atoms with Gasteiger partial charge in [-0.25, -0.2) is 0 Å². The van der Waals surface area contributed by atoms with Crippen LogP contribution in [0.3, 0.4) is 0 Å². The lowest BCUT2D eigenvalue weighted by molar-refractivity contribution is -0.150. The molecule has 2 heterocycles. The number of pyridine rings is 1. The number of benzene rings is 1. The first kappa shape index (κ1) is 18.9. The van der Waals surface area contributed by atoms with Gasteiger partial charge in [-0.3, -0.25) is 14.7 Å². The van der Waals surface area contributed by atoms with Crippen molar-refractivity contribution in [1.82, 2.24) is 9.88 Å². The van der Waals surface area contributed by atoms with Gasteiger partial charge in [-0.1, -0.05) is 12.1 Å². The number of likely N-dealkylation sites (tertiary alicyclic amines) is 1. The zero-order chi connectivity index (χ0) is 19.9. The molecule has 2 fully saturated rings. The molecule has 2 aromatic rings. The second kappa shape index (κ2) is 7.20. The molecule has 1 aliphatic heterocycles. The number of hydrogen-bond donors (Lipinski definition) is 1. The molecule has 1 aromatic carbocycles. The summed E-state index contributed by atoms with van der Waals surface area (Å²) < 4.78 is 38.4. The fourth-order valence-corrected chi connectivity index (χ4v) is 4.63. The van der Waals surface area contributed by atoms with Gasteiger partial charge in [0.25, 0.3) is 0 Å². The van der Waals surface area contributed by atoms with Crippen molar-refractivity contribution in [3.63, 3.8) is 0 Å². The number of halogens is 3. The number of alkyl halides is 3. The highest BCUT2D eigenvalue weighted by Gasteiger charge is 2.52. The number of piperidine rings is 1. The van der Waals surface area contributed by atoms with Crippen molar-refractivity contribution in [3.05, 3.63) is 48.2 Å². The summed E-state index contributed by atoms with van der Waals surface area (Å²) in [5.41, 5.74) is 3.42. The zero-order valence-corrected chi connectivity index (χ0v) is 15.5. The van der Waals surface area contributed by atoms with Gasteiger partial charge in [0.15, 0.2) is 0 Å². The second-order valence-corrected chi connectivity index (χ2v) is 7.71. The number of anilines is 1. The second-order valence-electron chi connectivity index (χ2n) is 7.71. The molecule has 28 heavy (non-hydrogen) atoms. The summed E-state index contributed by atoms with van der Waals surface area (Å²) in [6.07, 6.45) is -1.07. The molecular formula is C21H22F3N3O. The Kier molecular flexibility index (Phi) is 4.87. The number of hydrogen-bond acceptors (Lipinski definition) is 3. The van der Waals surface area contributed by atoms with E-state index in [1.807, 2.05) is 43.3 Å². The summed E-state index contributed by atoms with van der Waals surface area (Å²) in [4.78, 5) is 18.7. The van der Waals surface area contributed by atoms with Crippen molar-refractivity contribution in [2.24, 2.45) is 11.8 Å². The maximum absolute atomic E-state index is 12.9.